The predicted molar refractivity (Wildman–Crippen MR) is 69.9 cm³/mol. The van der Waals surface area contributed by atoms with E-state index in [9.17, 15) is 9.59 Å². The Morgan fingerprint density at radius 2 is 2.00 bits per heavy atom. The van der Waals surface area contributed by atoms with E-state index in [1.807, 2.05) is 6.08 Å². The van der Waals surface area contributed by atoms with Crippen molar-refractivity contribution in [3.8, 4) is 0 Å². The number of imide groups is 1. The summed E-state index contributed by atoms with van der Waals surface area (Å²) in [6.45, 7) is 0. The lowest BCUT2D eigenvalue weighted by molar-refractivity contribution is -0.114. The fraction of sp³-hybridized carbons (Fsp3) is 0.714. The number of hydrogen-bond acceptors (Lipinski definition) is 2. The van der Waals surface area contributed by atoms with Crippen LogP contribution in [0.25, 0.3) is 0 Å². The number of urea groups is 1. The predicted octanol–water partition coefficient (Wildman–Crippen LogP) is 2.95. The first-order chi connectivity index (χ1) is 8.81. The largest absolute Gasteiger partial charge is 0.335 e. The molecule has 4 nitrogen and oxygen atoms in total. The second-order valence-corrected chi connectivity index (χ2v) is 5.20. The van der Waals surface area contributed by atoms with Crippen molar-refractivity contribution >= 4 is 12.4 Å². The molecule has 3 amide bonds. The van der Waals surface area contributed by atoms with Crippen LogP contribution in [0.1, 0.15) is 57.8 Å². The Bertz CT molecular complexity index is 333. The highest BCUT2D eigenvalue weighted by Gasteiger charge is 2.22. The van der Waals surface area contributed by atoms with Gasteiger partial charge in [-0.25, -0.2) is 9.69 Å². The lowest BCUT2D eigenvalue weighted by atomic mass is 9.96. The lowest BCUT2D eigenvalue weighted by Gasteiger charge is -2.27. The molecular weight excluding hydrogens is 228 g/mol. The quantitative estimate of drug-likeness (QED) is 0.783. The number of nitrogens with one attached hydrogen (secondary N) is 1. The third kappa shape index (κ3) is 3.34. The molecule has 0 heterocycles. The van der Waals surface area contributed by atoms with E-state index in [0.717, 1.165) is 44.2 Å². The Morgan fingerprint density at radius 1 is 1.22 bits per heavy atom. The van der Waals surface area contributed by atoms with Gasteiger partial charge in [-0.2, -0.15) is 0 Å². The molecule has 18 heavy (non-hydrogen) atoms. The van der Waals surface area contributed by atoms with Gasteiger partial charge in [0.2, 0.25) is 6.41 Å². The zero-order valence-electron chi connectivity index (χ0n) is 10.9. The second-order valence-electron chi connectivity index (χ2n) is 5.20. The van der Waals surface area contributed by atoms with Crippen molar-refractivity contribution in [1.82, 2.24) is 10.2 Å². The molecule has 100 valence electrons. The lowest BCUT2D eigenvalue weighted by Crippen LogP contribution is -2.44. The fourth-order valence-corrected chi connectivity index (χ4v) is 2.78. The minimum atomic E-state index is -0.245. The van der Waals surface area contributed by atoms with E-state index >= 15 is 0 Å². The average molecular weight is 250 g/mol. The Labute approximate surface area is 108 Å². The van der Waals surface area contributed by atoms with Gasteiger partial charge in [0.05, 0.1) is 0 Å². The van der Waals surface area contributed by atoms with Crippen molar-refractivity contribution in [3.05, 3.63) is 11.8 Å². The molecule has 1 fully saturated rings. The van der Waals surface area contributed by atoms with Gasteiger partial charge in [-0.05, 0) is 38.5 Å². The molecule has 0 spiro atoms. The molecule has 0 radical (unpaired) electrons. The number of allylic oxidation sites excluding steroid dienone is 2. The number of rotatable bonds is 3. The number of carbonyl (C=O) groups excluding carboxylic acids is 2. The van der Waals surface area contributed by atoms with E-state index in [4.69, 9.17) is 0 Å². The van der Waals surface area contributed by atoms with Crippen LogP contribution in [0.2, 0.25) is 0 Å². The molecule has 0 saturated heterocycles. The fourth-order valence-electron chi connectivity index (χ4n) is 2.78. The molecule has 0 aliphatic heterocycles. The van der Waals surface area contributed by atoms with Crippen molar-refractivity contribution in [3.63, 3.8) is 0 Å². The SMILES string of the molecule is O=CN(C(=O)NC1CCCCC1)C1=CCCCC1. The molecule has 1 N–H and O–H groups in total. The van der Waals surface area contributed by atoms with Gasteiger partial charge < -0.3 is 5.32 Å². The van der Waals surface area contributed by atoms with E-state index in [1.165, 1.54) is 24.2 Å². The topological polar surface area (TPSA) is 49.4 Å². The average Bonchev–Trinajstić information content (AvgIpc) is 2.42. The van der Waals surface area contributed by atoms with E-state index in [0.29, 0.717) is 6.41 Å². The molecule has 0 unspecified atom stereocenters. The van der Waals surface area contributed by atoms with Crippen LogP contribution in [0.3, 0.4) is 0 Å². The maximum Gasteiger partial charge on any atom is 0.328 e. The first-order valence-corrected chi connectivity index (χ1v) is 7.05. The van der Waals surface area contributed by atoms with Gasteiger partial charge in [0, 0.05) is 11.7 Å². The monoisotopic (exact) mass is 250 g/mol. The van der Waals surface area contributed by atoms with Gasteiger partial charge in [0.25, 0.3) is 0 Å². The van der Waals surface area contributed by atoms with Crippen LogP contribution < -0.4 is 5.32 Å². The summed E-state index contributed by atoms with van der Waals surface area (Å²) in [5, 5.41) is 2.98. The Morgan fingerprint density at radius 3 is 2.61 bits per heavy atom. The summed E-state index contributed by atoms with van der Waals surface area (Å²) in [5.41, 5.74) is 0.865. The number of hydrogen-bond donors (Lipinski definition) is 1. The van der Waals surface area contributed by atoms with Crippen molar-refractivity contribution in [2.24, 2.45) is 0 Å². The van der Waals surface area contributed by atoms with Crippen LogP contribution in [0.4, 0.5) is 4.79 Å². The van der Waals surface area contributed by atoms with Gasteiger partial charge in [-0.3, -0.25) is 4.79 Å². The molecular formula is C14H22N2O2. The van der Waals surface area contributed by atoms with Gasteiger partial charge in [0.15, 0.2) is 0 Å². The molecule has 0 aromatic carbocycles. The highest BCUT2D eigenvalue weighted by atomic mass is 16.2. The summed E-state index contributed by atoms with van der Waals surface area (Å²) in [6.07, 6.45) is 12.4. The number of amides is 3. The molecule has 0 aromatic rings. The summed E-state index contributed by atoms with van der Waals surface area (Å²) in [6, 6.07) is 0.00272. The minimum Gasteiger partial charge on any atom is -0.335 e. The maximum absolute atomic E-state index is 12.1. The standard InChI is InChI=1S/C14H22N2O2/c17-11-16(13-9-5-2-6-10-13)14(18)15-12-7-3-1-4-8-12/h9,11-12H,1-8,10H2,(H,15,18). The van der Waals surface area contributed by atoms with Crippen LogP contribution in [0.5, 0.6) is 0 Å². The summed E-state index contributed by atoms with van der Waals surface area (Å²) in [7, 11) is 0. The van der Waals surface area contributed by atoms with Crippen LogP contribution in [0.15, 0.2) is 11.8 Å². The molecule has 1 saturated carbocycles. The van der Waals surface area contributed by atoms with Crippen LogP contribution in [-0.4, -0.2) is 23.4 Å². The number of nitrogens with zero attached hydrogens (tertiary/aromatic N) is 1. The van der Waals surface area contributed by atoms with E-state index in [1.54, 1.807) is 0 Å². The summed E-state index contributed by atoms with van der Waals surface area (Å²) in [4.78, 5) is 24.5. The van der Waals surface area contributed by atoms with Gasteiger partial charge in [-0.1, -0.05) is 25.3 Å². The van der Waals surface area contributed by atoms with Crippen molar-refractivity contribution < 1.29 is 9.59 Å². The van der Waals surface area contributed by atoms with Crippen LogP contribution >= 0.6 is 0 Å². The molecule has 2 aliphatic carbocycles. The molecule has 0 aromatic heterocycles. The first-order valence-electron chi connectivity index (χ1n) is 7.05. The Hall–Kier alpha value is -1.32. The first kappa shape index (κ1) is 13.1. The maximum atomic E-state index is 12.1. The van der Waals surface area contributed by atoms with Gasteiger partial charge in [0.1, 0.15) is 0 Å². The number of carbonyl (C=O) groups is 2. The zero-order chi connectivity index (χ0) is 12.8. The molecule has 2 aliphatic rings. The summed E-state index contributed by atoms with van der Waals surface area (Å²) < 4.78 is 0. The van der Waals surface area contributed by atoms with Crippen molar-refractivity contribution in [2.45, 2.75) is 63.8 Å². The second kappa shape index (κ2) is 6.57. The van der Waals surface area contributed by atoms with Crippen molar-refractivity contribution in [1.29, 1.82) is 0 Å². The third-order valence-electron chi connectivity index (χ3n) is 3.83. The minimum absolute atomic E-state index is 0.245. The highest BCUT2D eigenvalue weighted by molar-refractivity contribution is 5.87. The summed E-state index contributed by atoms with van der Waals surface area (Å²) in [5.74, 6) is 0. The van der Waals surface area contributed by atoms with E-state index in [-0.39, 0.29) is 12.1 Å². The molecule has 0 atom stereocenters. The smallest absolute Gasteiger partial charge is 0.328 e. The van der Waals surface area contributed by atoms with E-state index < -0.39 is 0 Å². The third-order valence-corrected chi connectivity index (χ3v) is 3.83. The van der Waals surface area contributed by atoms with Crippen LogP contribution in [-0.2, 0) is 4.79 Å². The molecule has 4 heteroatoms. The van der Waals surface area contributed by atoms with Gasteiger partial charge >= 0.3 is 6.03 Å². The normalized spacial score (nSPS) is 21.0. The highest BCUT2D eigenvalue weighted by Crippen LogP contribution is 2.21. The van der Waals surface area contributed by atoms with Gasteiger partial charge in [-0.15, -0.1) is 0 Å². The zero-order valence-corrected chi connectivity index (χ0v) is 10.9. The molecule has 0 bridgehead atoms. The van der Waals surface area contributed by atoms with Crippen molar-refractivity contribution in [2.75, 3.05) is 0 Å². The Kier molecular flexibility index (Phi) is 4.79. The Balaban J connectivity index is 1.92. The molecule has 2 rings (SSSR count). The van der Waals surface area contributed by atoms with E-state index in [2.05, 4.69) is 5.32 Å². The van der Waals surface area contributed by atoms with Crippen LogP contribution in [0, 0.1) is 0 Å². The summed E-state index contributed by atoms with van der Waals surface area (Å²) >= 11 is 0.